The normalized spacial score (nSPS) is 11.2. The first kappa shape index (κ1) is 17.5. The summed E-state index contributed by atoms with van der Waals surface area (Å²) in [5, 5.41) is 5.00. The van der Waals surface area contributed by atoms with Crippen molar-refractivity contribution in [3.63, 3.8) is 0 Å². The molecule has 0 aliphatic rings. The lowest BCUT2D eigenvalue weighted by atomic mass is 10.1. The highest BCUT2D eigenvalue weighted by Gasteiger charge is 2.15. The quantitative estimate of drug-likeness (QED) is 0.387. The van der Waals surface area contributed by atoms with Gasteiger partial charge < -0.3 is 4.52 Å². The Balaban J connectivity index is 1.82. The molecule has 0 spiro atoms. The number of hydrogen-bond donors (Lipinski definition) is 0. The van der Waals surface area contributed by atoms with E-state index in [0.29, 0.717) is 33.5 Å². The molecule has 136 valence electrons. The zero-order valence-corrected chi connectivity index (χ0v) is 15.9. The molecule has 4 rings (SSSR count). The maximum Gasteiger partial charge on any atom is 0.266 e. The van der Waals surface area contributed by atoms with Crippen LogP contribution in [0.3, 0.4) is 0 Å². The van der Waals surface area contributed by atoms with Gasteiger partial charge in [0.2, 0.25) is 5.89 Å². The first-order chi connectivity index (χ1) is 13.2. The molecule has 0 saturated carbocycles. The number of thioether (sulfide) groups is 1. The van der Waals surface area contributed by atoms with Gasteiger partial charge in [0.15, 0.2) is 11.0 Å². The third-order valence-corrected chi connectivity index (χ3v) is 5.17. The Hall–Kier alpha value is -2.93. The fourth-order valence-electron chi connectivity index (χ4n) is 2.84. The van der Waals surface area contributed by atoms with Crippen LogP contribution < -0.4 is 5.56 Å². The van der Waals surface area contributed by atoms with Crippen molar-refractivity contribution in [2.75, 3.05) is 0 Å². The minimum atomic E-state index is -0.0888. The van der Waals surface area contributed by atoms with Crippen LogP contribution in [0.15, 0.2) is 63.0 Å². The summed E-state index contributed by atoms with van der Waals surface area (Å²) in [7, 11) is 0. The van der Waals surface area contributed by atoms with Gasteiger partial charge in [-0.05, 0) is 43.2 Å². The van der Waals surface area contributed by atoms with E-state index in [1.807, 2.05) is 42.5 Å². The van der Waals surface area contributed by atoms with E-state index in [-0.39, 0.29) is 5.56 Å². The second-order valence-corrected chi connectivity index (χ2v) is 7.04. The summed E-state index contributed by atoms with van der Waals surface area (Å²) in [5.74, 6) is 1.54. The van der Waals surface area contributed by atoms with Crippen LogP contribution in [0.1, 0.15) is 24.2 Å². The van der Waals surface area contributed by atoms with Crippen molar-refractivity contribution in [1.29, 1.82) is 0 Å². The number of fused-ring (bicyclic) bond motifs is 1. The molecule has 0 N–H and O–H groups in total. The van der Waals surface area contributed by atoms with E-state index in [0.717, 1.165) is 12.1 Å². The molecule has 0 aliphatic heterocycles. The number of para-hydroxylation sites is 1. The Morgan fingerprint density at radius 3 is 2.56 bits per heavy atom. The molecule has 4 aromatic rings. The summed E-state index contributed by atoms with van der Waals surface area (Å²) in [6, 6.07) is 15.4. The van der Waals surface area contributed by atoms with Crippen molar-refractivity contribution in [3.8, 4) is 5.69 Å². The van der Waals surface area contributed by atoms with E-state index in [2.05, 4.69) is 17.1 Å². The molecule has 6 nitrogen and oxygen atoms in total. The second kappa shape index (κ2) is 7.36. The molecule has 0 amide bonds. The first-order valence-electron chi connectivity index (χ1n) is 8.69. The lowest BCUT2D eigenvalue weighted by molar-refractivity contribution is 0.387. The SMILES string of the molecule is CCc1ccc(-n2c(SCc3nc(C)no3)nc3ccccc3c2=O)cc1. The topological polar surface area (TPSA) is 73.8 Å². The number of nitrogens with zero attached hydrogens (tertiary/aromatic N) is 4. The molecular weight excluding hydrogens is 360 g/mol. The predicted molar refractivity (Wildman–Crippen MR) is 105 cm³/mol. The molecule has 0 radical (unpaired) electrons. The van der Waals surface area contributed by atoms with Gasteiger partial charge in [-0.2, -0.15) is 4.98 Å². The summed E-state index contributed by atoms with van der Waals surface area (Å²) in [6.45, 7) is 3.88. The number of benzene rings is 2. The van der Waals surface area contributed by atoms with Gasteiger partial charge in [-0.3, -0.25) is 9.36 Å². The predicted octanol–water partition coefficient (Wildman–Crippen LogP) is 3.93. The zero-order valence-electron chi connectivity index (χ0n) is 15.0. The molecule has 0 aliphatic carbocycles. The van der Waals surface area contributed by atoms with E-state index in [9.17, 15) is 4.79 Å². The Morgan fingerprint density at radius 2 is 1.85 bits per heavy atom. The van der Waals surface area contributed by atoms with Crippen molar-refractivity contribution in [2.24, 2.45) is 0 Å². The zero-order chi connectivity index (χ0) is 18.8. The molecule has 7 heteroatoms. The molecule has 2 aromatic carbocycles. The molecule has 2 heterocycles. The lowest BCUT2D eigenvalue weighted by Crippen LogP contribution is -2.21. The largest absolute Gasteiger partial charge is 0.338 e. The molecule has 2 aromatic heterocycles. The van der Waals surface area contributed by atoms with Gasteiger partial charge in [0.1, 0.15) is 0 Å². The van der Waals surface area contributed by atoms with Crippen LogP contribution in [0.25, 0.3) is 16.6 Å². The van der Waals surface area contributed by atoms with Crippen LogP contribution in [-0.2, 0) is 12.2 Å². The second-order valence-electron chi connectivity index (χ2n) is 6.10. The molecular formula is C20H18N4O2S. The van der Waals surface area contributed by atoms with Crippen molar-refractivity contribution >= 4 is 22.7 Å². The Kier molecular flexibility index (Phi) is 4.77. The molecule has 0 bridgehead atoms. The number of aryl methyl sites for hydroxylation is 2. The maximum atomic E-state index is 13.2. The van der Waals surface area contributed by atoms with E-state index >= 15 is 0 Å². The van der Waals surface area contributed by atoms with Crippen LogP contribution in [-0.4, -0.2) is 19.7 Å². The highest BCUT2D eigenvalue weighted by molar-refractivity contribution is 7.98. The summed E-state index contributed by atoms with van der Waals surface area (Å²) >= 11 is 1.40. The van der Waals surface area contributed by atoms with Gasteiger partial charge in [-0.25, -0.2) is 4.98 Å². The Labute approximate surface area is 160 Å². The lowest BCUT2D eigenvalue weighted by Gasteiger charge is -2.13. The van der Waals surface area contributed by atoms with Gasteiger partial charge in [0.05, 0.1) is 22.3 Å². The third-order valence-electron chi connectivity index (χ3n) is 4.24. The van der Waals surface area contributed by atoms with Crippen LogP contribution in [0.2, 0.25) is 0 Å². The van der Waals surface area contributed by atoms with Crippen molar-refractivity contribution in [1.82, 2.24) is 19.7 Å². The molecule has 0 fully saturated rings. The minimum absolute atomic E-state index is 0.0888. The fourth-order valence-corrected chi connectivity index (χ4v) is 3.69. The number of hydrogen-bond acceptors (Lipinski definition) is 6. The molecule has 27 heavy (non-hydrogen) atoms. The van der Waals surface area contributed by atoms with E-state index < -0.39 is 0 Å². The number of rotatable bonds is 5. The van der Waals surface area contributed by atoms with Crippen LogP contribution in [0, 0.1) is 6.92 Å². The summed E-state index contributed by atoms with van der Waals surface area (Å²) in [6.07, 6.45) is 0.948. The van der Waals surface area contributed by atoms with Crippen LogP contribution in [0.5, 0.6) is 0 Å². The summed E-state index contributed by atoms with van der Waals surface area (Å²) < 4.78 is 6.83. The summed E-state index contributed by atoms with van der Waals surface area (Å²) in [4.78, 5) is 22.1. The minimum Gasteiger partial charge on any atom is -0.338 e. The smallest absolute Gasteiger partial charge is 0.266 e. The van der Waals surface area contributed by atoms with Gasteiger partial charge in [0.25, 0.3) is 5.56 Å². The van der Waals surface area contributed by atoms with Gasteiger partial charge in [0, 0.05) is 0 Å². The first-order valence-corrected chi connectivity index (χ1v) is 9.67. The Morgan fingerprint density at radius 1 is 1.07 bits per heavy atom. The molecule has 0 saturated heterocycles. The highest BCUT2D eigenvalue weighted by atomic mass is 32.2. The average Bonchev–Trinajstić information content (AvgIpc) is 3.12. The third kappa shape index (κ3) is 3.50. The average molecular weight is 378 g/mol. The van der Waals surface area contributed by atoms with Crippen molar-refractivity contribution in [2.45, 2.75) is 31.2 Å². The van der Waals surface area contributed by atoms with E-state index in [1.54, 1.807) is 17.6 Å². The maximum absolute atomic E-state index is 13.2. The molecule has 0 atom stereocenters. The van der Waals surface area contributed by atoms with Gasteiger partial charge in [-0.1, -0.05) is 48.1 Å². The summed E-state index contributed by atoms with van der Waals surface area (Å²) in [5.41, 5.74) is 2.60. The van der Waals surface area contributed by atoms with E-state index in [1.165, 1.54) is 17.3 Å². The molecule has 0 unspecified atom stereocenters. The van der Waals surface area contributed by atoms with Crippen LogP contribution >= 0.6 is 11.8 Å². The van der Waals surface area contributed by atoms with Crippen molar-refractivity contribution in [3.05, 3.63) is 76.2 Å². The number of aromatic nitrogens is 4. The van der Waals surface area contributed by atoms with Gasteiger partial charge in [-0.15, -0.1) is 0 Å². The van der Waals surface area contributed by atoms with Crippen molar-refractivity contribution < 1.29 is 4.52 Å². The van der Waals surface area contributed by atoms with Crippen LogP contribution in [0.4, 0.5) is 0 Å². The van der Waals surface area contributed by atoms with E-state index in [4.69, 9.17) is 9.51 Å². The monoisotopic (exact) mass is 378 g/mol. The fraction of sp³-hybridized carbons (Fsp3) is 0.200. The highest BCUT2D eigenvalue weighted by Crippen LogP contribution is 2.24. The Bertz CT molecular complexity index is 1150. The standard InChI is InChI=1S/C20H18N4O2S/c1-3-14-8-10-15(11-9-14)24-19(25)16-6-4-5-7-17(16)22-20(24)27-12-18-21-13(2)23-26-18/h4-11H,3,12H2,1-2H3. The van der Waals surface area contributed by atoms with Gasteiger partial charge >= 0.3 is 0 Å².